The highest BCUT2D eigenvalue weighted by molar-refractivity contribution is 7.08. The van der Waals surface area contributed by atoms with Gasteiger partial charge in [-0.2, -0.15) is 16.4 Å². The van der Waals surface area contributed by atoms with Crippen LogP contribution in [0.25, 0.3) is 56.0 Å². The van der Waals surface area contributed by atoms with E-state index in [1.54, 1.807) is 23.7 Å². The molecule has 6 rings (SSSR count). The summed E-state index contributed by atoms with van der Waals surface area (Å²) in [5.41, 5.74) is 8.31. The van der Waals surface area contributed by atoms with Crippen LogP contribution in [0.5, 0.6) is 0 Å². The number of aromatic nitrogens is 6. The number of carbonyl (C=O) groups is 1. The van der Waals surface area contributed by atoms with Crippen molar-refractivity contribution in [1.29, 1.82) is 0 Å². The Labute approximate surface area is 210 Å². The van der Waals surface area contributed by atoms with Crippen LogP contribution in [0, 0.1) is 0 Å². The lowest BCUT2D eigenvalue weighted by atomic mass is 10.1. The van der Waals surface area contributed by atoms with E-state index in [9.17, 15) is 4.79 Å². The first-order valence-corrected chi connectivity index (χ1v) is 12.3. The fraction of sp³-hybridized carbons (Fsp3) is 0.115. The van der Waals surface area contributed by atoms with E-state index in [0.29, 0.717) is 29.3 Å². The largest absolute Gasteiger partial charge is 0.336 e. The first-order chi connectivity index (χ1) is 17.5. The Morgan fingerprint density at radius 2 is 1.94 bits per heavy atom. The Morgan fingerprint density at radius 1 is 1.03 bits per heavy atom. The van der Waals surface area contributed by atoms with Gasteiger partial charge in [0.25, 0.3) is 0 Å². The second-order valence-electron chi connectivity index (χ2n) is 8.71. The number of hydrogen-bond donors (Lipinski definition) is 3. The molecule has 3 N–H and O–H groups in total. The highest BCUT2D eigenvalue weighted by Crippen LogP contribution is 2.32. The molecule has 0 unspecified atom stereocenters. The minimum atomic E-state index is -0.105. The molecule has 0 saturated heterocycles. The van der Waals surface area contributed by atoms with Gasteiger partial charge in [0.2, 0.25) is 5.91 Å². The van der Waals surface area contributed by atoms with Crippen LogP contribution in [-0.2, 0) is 4.79 Å². The molecule has 0 radical (unpaired) electrons. The van der Waals surface area contributed by atoms with Crippen molar-refractivity contribution in [3.05, 3.63) is 65.6 Å². The average Bonchev–Trinajstić information content (AvgIpc) is 3.62. The molecular weight excluding hydrogens is 472 g/mol. The molecular formula is C26H22N8OS. The SMILES string of the molecule is CN(C)CC(=O)Nc1cncc(-c2ccc3[nH]nc(-c4nc5c(-c6ccsc6)cccc5[nH]4)c3n2)c1. The van der Waals surface area contributed by atoms with E-state index in [-0.39, 0.29) is 5.91 Å². The van der Waals surface area contributed by atoms with Gasteiger partial charge in [0.05, 0.1) is 40.7 Å². The number of H-pyrrole nitrogens is 2. The number of anilines is 1. The summed E-state index contributed by atoms with van der Waals surface area (Å²) < 4.78 is 0. The minimum absolute atomic E-state index is 0.105. The van der Waals surface area contributed by atoms with Crippen LogP contribution >= 0.6 is 11.3 Å². The lowest BCUT2D eigenvalue weighted by Crippen LogP contribution is -2.27. The number of para-hydroxylation sites is 1. The fourth-order valence-electron chi connectivity index (χ4n) is 4.16. The van der Waals surface area contributed by atoms with Crippen molar-refractivity contribution in [2.75, 3.05) is 26.0 Å². The number of pyridine rings is 2. The molecule has 0 atom stereocenters. The van der Waals surface area contributed by atoms with E-state index in [2.05, 4.69) is 48.4 Å². The van der Waals surface area contributed by atoms with Gasteiger partial charge in [0, 0.05) is 17.3 Å². The standard InChI is InChI=1S/C26H22N8OS/c1-34(2)13-22(35)28-17-10-16(11-27-12-17)19-6-7-21-24(29-19)25(33-32-21)26-30-20-5-3-4-18(23(20)31-26)15-8-9-36-14-15/h3-12,14H,13H2,1-2H3,(H,28,35)(H,30,31)(H,32,33). The summed E-state index contributed by atoms with van der Waals surface area (Å²) in [4.78, 5) is 31.5. The molecule has 0 saturated carbocycles. The topological polar surface area (TPSA) is 115 Å². The smallest absolute Gasteiger partial charge is 0.238 e. The van der Waals surface area contributed by atoms with Gasteiger partial charge in [-0.1, -0.05) is 12.1 Å². The van der Waals surface area contributed by atoms with Crippen LogP contribution in [0.15, 0.2) is 65.6 Å². The monoisotopic (exact) mass is 494 g/mol. The van der Waals surface area contributed by atoms with Crippen LogP contribution < -0.4 is 5.32 Å². The first-order valence-electron chi connectivity index (χ1n) is 11.3. The van der Waals surface area contributed by atoms with Crippen LogP contribution in [0.2, 0.25) is 0 Å². The number of imidazole rings is 1. The Morgan fingerprint density at radius 3 is 2.78 bits per heavy atom. The predicted molar refractivity (Wildman–Crippen MR) is 143 cm³/mol. The molecule has 5 heterocycles. The molecule has 0 aliphatic carbocycles. The molecule has 1 aromatic carbocycles. The van der Waals surface area contributed by atoms with Crippen LogP contribution in [0.4, 0.5) is 5.69 Å². The summed E-state index contributed by atoms with van der Waals surface area (Å²) in [6.07, 6.45) is 3.35. The third-order valence-corrected chi connectivity index (χ3v) is 6.44. The predicted octanol–water partition coefficient (Wildman–Crippen LogP) is 4.79. The highest BCUT2D eigenvalue weighted by Gasteiger charge is 2.17. The Balaban J connectivity index is 1.38. The quantitative estimate of drug-likeness (QED) is 0.307. The average molecular weight is 495 g/mol. The molecule has 178 valence electrons. The zero-order valence-electron chi connectivity index (χ0n) is 19.6. The minimum Gasteiger partial charge on any atom is -0.336 e. The molecule has 6 aromatic rings. The van der Waals surface area contributed by atoms with Gasteiger partial charge in [0.1, 0.15) is 5.52 Å². The number of hydrogen-bond acceptors (Lipinski definition) is 7. The van der Waals surface area contributed by atoms with E-state index in [1.165, 1.54) is 0 Å². The van der Waals surface area contributed by atoms with Gasteiger partial charge >= 0.3 is 0 Å². The van der Waals surface area contributed by atoms with E-state index in [4.69, 9.17) is 9.97 Å². The number of likely N-dealkylation sites (N-methyl/N-ethyl adjacent to an activating group) is 1. The summed E-state index contributed by atoms with van der Waals surface area (Å²) in [6, 6.07) is 13.9. The third-order valence-electron chi connectivity index (χ3n) is 5.75. The maximum absolute atomic E-state index is 12.2. The number of amides is 1. The molecule has 0 spiro atoms. The van der Waals surface area contributed by atoms with Crippen LogP contribution in [0.3, 0.4) is 0 Å². The van der Waals surface area contributed by atoms with Crippen molar-refractivity contribution in [2.45, 2.75) is 0 Å². The van der Waals surface area contributed by atoms with Crippen molar-refractivity contribution < 1.29 is 4.79 Å². The molecule has 0 bridgehead atoms. The lowest BCUT2D eigenvalue weighted by molar-refractivity contribution is -0.116. The van der Waals surface area contributed by atoms with Crippen LogP contribution in [0.1, 0.15) is 0 Å². The summed E-state index contributed by atoms with van der Waals surface area (Å²) in [5, 5.41) is 14.6. The summed E-state index contributed by atoms with van der Waals surface area (Å²) in [7, 11) is 3.70. The van der Waals surface area contributed by atoms with Gasteiger partial charge in [-0.3, -0.25) is 14.9 Å². The molecule has 36 heavy (non-hydrogen) atoms. The highest BCUT2D eigenvalue weighted by atomic mass is 32.1. The molecule has 9 nitrogen and oxygen atoms in total. The Kier molecular flexibility index (Phi) is 5.51. The van der Waals surface area contributed by atoms with E-state index < -0.39 is 0 Å². The van der Waals surface area contributed by atoms with Crippen molar-refractivity contribution in [1.82, 2.24) is 35.0 Å². The Hall–Kier alpha value is -4.41. The molecule has 0 fully saturated rings. The number of carbonyl (C=O) groups excluding carboxylic acids is 1. The fourth-order valence-corrected chi connectivity index (χ4v) is 4.81. The van der Waals surface area contributed by atoms with Crippen molar-refractivity contribution in [3.63, 3.8) is 0 Å². The van der Waals surface area contributed by atoms with E-state index in [0.717, 1.165) is 38.9 Å². The van der Waals surface area contributed by atoms with Crippen LogP contribution in [-0.4, -0.2) is 61.6 Å². The summed E-state index contributed by atoms with van der Waals surface area (Å²) >= 11 is 1.66. The zero-order valence-corrected chi connectivity index (χ0v) is 20.4. The van der Waals surface area contributed by atoms with Gasteiger partial charge in [-0.15, -0.1) is 0 Å². The maximum Gasteiger partial charge on any atom is 0.238 e. The number of nitrogens with zero attached hydrogens (tertiary/aromatic N) is 5. The number of fused-ring (bicyclic) bond motifs is 2. The lowest BCUT2D eigenvalue weighted by Gasteiger charge is -2.10. The second-order valence-corrected chi connectivity index (χ2v) is 9.49. The van der Waals surface area contributed by atoms with Crippen molar-refractivity contribution in [3.8, 4) is 33.9 Å². The number of rotatable bonds is 6. The normalized spacial score (nSPS) is 11.5. The van der Waals surface area contributed by atoms with Gasteiger partial charge in [-0.25, -0.2) is 9.97 Å². The number of aromatic amines is 2. The number of thiophene rings is 1. The molecule has 10 heteroatoms. The van der Waals surface area contributed by atoms with Crippen molar-refractivity contribution in [2.24, 2.45) is 0 Å². The third kappa shape index (κ3) is 4.12. The second kappa shape index (κ2) is 8.99. The summed E-state index contributed by atoms with van der Waals surface area (Å²) in [6.45, 7) is 0.290. The Bertz CT molecular complexity index is 1700. The molecule has 0 aliphatic heterocycles. The van der Waals surface area contributed by atoms with E-state index in [1.807, 2.05) is 49.3 Å². The van der Waals surface area contributed by atoms with E-state index >= 15 is 0 Å². The summed E-state index contributed by atoms with van der Waals surface area (Å²) in [5.74, 6) is 0.539. The van der Waals surface area contributed by atoms with Gasteiger partial charge in [-0.05, 0) is 60.8 Å². The first kappa shape index (κ1) is 22.1. The van der Waals surface area contributed by atoms with Gasteiger partial charge < -0.3 is 15.2 Å². The van der Waals surface area contributed by atoms with Crippen molar-refractivity contribution >= 4 is 45.0 Å². The molecule has 5 aromatic heterocycles. The number of benzene rings is 1. The maximum atomic E-state index is 12.2. The molecule has 1 amide bonds. The zero-order chi connectivity index (χ0) is 24.6. The van der Waals surface area contributed by atoms with Gasteiger partial charge in [0.15, 0.2) is 11.5 Å². The number of nitrogens with one attached hydrogen (secondary N) is 3. The molecule has 0 aliphatic rings.